The number of halogens is 2. The lowest BCUT2D eigenvalue weighted by atomic mass is 10.1. The Morgan fingerprint density at radius 2 is 1.57 bits per heavy atom. The van der Waals surface area contributed by atoms with Crippen LogP contribution in [0.2, 0.25) is 0 Å². The van der Waals surface area contributed by atoms with Gasteiger partial charge >= 0.3 is 0 Å². The Balaban J connectivity index is 1.88. The quantitative estimate of drug-likeness (QED) is 0.715. The van der Waals surface area contributed by atoms with Gasteiger partial charge in [0.1, 0.15) is 23.2 Å². The largest absolute Gasteiger partial charge is 0.467 e. The average molecular weight is 317 g/mol. The molecule has 0 aliphatic heterocycles. The molecule has 0 spiro atoms. The second-order valence-corrected chi connectivity index (χ2v) is 4.94. The molecule has 3 aromatic rings. The van der Waals surface area contributed by atoms with Gasteiger partial charge in [0.2, 0.25) is 0 Å². The normalized spacial score (nSPS) is 10.7. The van der Waals surface area contributed by atoms with Gasteiger partial charge in [0.25, 0.3) is 5.91 Å². The van der Waals surface area contributed by atoms with Crippen LogP contribution in [0, 0.1) is 11.6 Å². The van der Waals surface area contributed by atoms with Crippen molar-refractivity contribution < 1.29 is 22.4 Å². The first-order valence-electron chi connectivity index (χ1n) is 6.92. The number of furan rings is 2. The van der Waals surface area contributed by atoms with Crippen molar-refractivity contribution in [1.82, 2.24) is 4.90 Å². The van der Waals surface area contributed by atoms with Crippen molar-refractivity contribution in [3.05, 3.63) is 83.7 Å². The van der Waals surface area contributed by atoms with Crippen LogP contribution in [0.1, 0.15) is 21.9 Å². The van der Waals surface area contributed by atoms with E-state index in [4.69, 9.17) is 8.83 Å². The molecule has 0 atom stereocenters. The highest BCUT2D eigenvalue weighted by molar-refractivity contribution is 5.94. The smallest absolute Gasteiger partial charge is 0.257 e. The fourth-order valence-corrected chi connectivity index (χ4v) is 2.21. The summed E-state index contributed by atoms with van der Waals surface area (Å²) in [5.41, 5.74) is -0.204. The molecule has 2 heterocycles. The molecule has 118 valence electrons. The zero-order valence-electron chi connectivity index (χ0n) is 12.0. The molecule has 0 aliphatic carbocycles. The Morgan fingerprint density at radius 1 is 0.957 bits per heavy atom. The van der Waals surface area contributed by atoms with Gasteiger partial charge in [-0.3, -0.25) is 4.79 Å². The zero-order valence-corrected chi connectivity index (χ0v) is 12.0. The highest BCUT2D eigenvalue weighted by atomic mass is 19.1. The van der Waals surface area contributed by atoms with Crippen molar-refractivity contribution in [3.8, 4) is 0 Å². The molecule has 3 rings (SSSR count). The first kappa shape index (κ1) is 15.0. The van der Waals surface area contributed by atoms with Gasteiger partial charge in [0, 0.05) is 6.07 Å². The average Bonchev–Trinajstić information content (AvgIpc) is 3.19. The minimum atomic E-state index is -0.904. The second kappa shape index (κ2) is 6.48. The third-order valence-electron chi connectivity index (χ3n) is 3.30. The molecule has 0 fully saturated rings. The van der Waals surface area contributed by atoms with Gasteiger partial charge in [-0.2, -0.15) is 0 Å². The minimum Gasteiger partial charge on any atom is -0.467 e. The molecule has 0 radical (unpaired) electrons. The van der Waals surface area contributed by atoms with E-state index in [1.165, 1.54) is 17.4 Å². The lowest BCUT2D eigenvalue weighted by molar-refractivity contribution is 0.0700. The predicted octanol–water partition coefficient (Wildman–Crippen LogP) is 3.99. The summed E-state index contributed by atoms with van der Waals surface area (Å²) in [6.07, 6.45) is 2.98. The standard InChI is InChI=1S/C17H13F2NO3/c18-12-5-6-15(16(19)9-12)17(21)20(10-13-3-1-7-22-13)11-14-4-2-8-23-14/h1-9H,10-11H2. The molecule has 2 aromatic heterocycles. The Kier molecular flexibility index (Phi) is 4.23. The highest BCUT2D eigenvalue weighted by Crippen LogP contribution is 2.17. The summed E-state index contributed by atoms with van der Waals surface area (Å²) in [5, 5.41) is 0. The monoisotopic (exact) mass is 317 g/mol. The number of carbonyl (C=O) groups is 1. The van der Waals surface area contributed by atoms with E-state index in [1.54, 1.807) is 24.3 Å². The maximum absolute atomic E-state index is 13.9. The highest BCUT2D eigenvalue weighted by Gasteiger charge is 2.22. The van der Waals surface area contributed by atoms with Gasteiger partial charge in [0.15, 0.2) is 0 Å². The fourth-order valence-electron chi connectivity index (χ4n) is 2.21. The zero-order chi connectivity index (χ0) is 16.2. The molecule has 0 unspecified atom stereocenters. The van der Waals surface area contributed by atoms with Crippen LogP contribution in [0.15, 0.2) is 63.8 Å². The minimum absolute atomic E-state index is 0.142. The van der Waals surface area contributed by atoms with Crippen LogP contribution < -0.4 is 0 Å². The summed E-state index contributed by atoms with van der Waals surface area (Å²) < 4.78 is 37.4. The van der Waals surface area contributed by atoms with Gasteiger partial charge in [-0.05, 0) is 36.4 Å². The van der Waals surface area contributed by atoms with Crippen LogP contribution in [0.4, 0.5) is 8.78 Å². The van der Waals surface area contributed by atoms with Gasteiger partial charge in [0.05, 0.1) is 31.2 Å². The second-order valence-electron chi connectivity index (χ2n) is 4.94. The first-order chi connectivity index (χ1) is 11.1. The molecule has 0 saturated carbocycles. The van der Waals surface area contributed by atoms with Crippen molar-refractivity contribution in [2.24, 2.45) is 0 Å². The molecular weight excluding hydrogens is 304 g/mol. The SMILES string of the molecule is O=C(c1ccc(F)cc1F)N(Cc1ccco1)Cc1ccco1. The first-order valence-corrected chi connectivity index (χ1v) is 6.92. The number of amides is 1. The Morgan fingerprint density at radius 3 is 2.04 bits per heavy atom. The van der Waals surface area contributed by atoms with Crippen LogP contribution in [-0.2, 0) is 13.1 Å². The van der Waals surface area contributed by atoms with Crippen molar-refractivity contribution in [3.63, 3.8) is 0 Å². The maximum atomic E-state index is 13.9. The lowest BCUT2D eigenvalue weighted by Gasteiger charge is -2.21. The summed E-state index contributed by atoms with van der Waals surface area (Å²) >= 11 is 0. The third-order valence-corrected chi connectivity index (χ3v) is 3.30. The van der Waals surface area contributed by atoms with Gasteiger partial charge in [-0.1, -0.05) is 0 Å². The number of hydrogen-bond donors (Lipinski definition) is 0. The summed E-state index contributed by atoms with van der Waals surface area (Å²) in [4.78, 5) is 14.0. The lowest BCUT2D eigenvalue weighted by Crippen LogP contribution is -2.30. The molecule has 0 saturated heterocycles. The van der Waals surface area contributed by atoms with Crippen LogP contribution in [0.5, 0.6) is 0 Å². The number of hydrogen-bond acceptors (Lipinski definition) is 3. The molecular formula is C17H13F2NO3. The van der Waals surface area contributed by atoms with Crippen molar-refractivity contribution >= 4 is 5.91 Å². The van der Waals surface area contributed by atoms with E-state index in [1.807, 2.05) is 0 Å². The molecule has 4 nitrogen and oxygen atoms in total. The maximum Gasteiger partial charge on any atom is 0.257 e. The molecule has 23 heavy (non-hydrogen) atoms. The summed E-state index contributed by atoms with van der Waals surface area (Å²) in [6.45, 7) is 0.284. The number of benzene rings is 1. The predicted molar refractivity (Wildman–Crippen MR) is 77.4 cm³/mol. The summed E-state index contributed by atoms with van der Waals surface area (Å²) in [6, 6.07) is 9.68. The number of carbonyl (C=O) groups excluding carboxylic acids is 1. The summed E-state index contributed by atoms with van der Waals surface area (Å²) in [5.74, 6) is -1.11. The van der Waals surface area contributed by atoms with Crippen molar-refractivity contribution in [1.29, 1.82) is 0 Å². The van der Waals surface area contributed by atoms with Gasteiger partial charge in [-0.25, -0.2) is 8.78 Å². The van der Waals surface area contributed by atoms with Gasteiger partial charge < -0.3 is 13.7 Å². The number of nitrogens with zero attached hydrogens (tertiary/aromatic N) is 1. The molecule has 6 heteroatoms. The van der Waals surface area contributed by atoms with Crippen LogP contribution in [0.3, 0.4) is 0 Å². The van der Waals surface area contributed by atoms with Crippen molar-refractivity contribution in [2.45, 2.75) is 13.1 Å². The number of rotatable bonds is 5. The van der Waals surface area contributed by atoms with E-state index < -0.39 is 17.5 Å². The molecule has 0 bridgehead atoms. The molecule has 1 aromatic carbocycles. The molecule has 1 amide bonds. The van der Waals surface area contributed by atoms with E-state index in [-0.39, 0.29) is 18.7 Å². The van der Waals surface area contributed by atoms with Gasteiger partial charge in [-0.15, -0.1) is 0 Å². The molecule has 0 N–H and O–H groups in total. The Labute approximate surface area is 130 Å². The topological polar surface area (TPSA) is 46.6 Å². The third kappa shape index (κ3) is 3.48. The van der Waals surface area contributed by atoms with E-state index in [2.05, 4.69) is 0 Å². The van der Waals surface area contributed by atoms with Crippen LogP contribution in [0.25, 0.3) is 0 Å². The van der Waals surface area contributed by atoms with Crippen LogP contribution >= 0.6 is 0 Å². The Bertz CT molecular complexity index is 746. The Hall–Kier alpha value is -2.89. The summed E-state index contributed by atoms with van der Waals surface area (Å²) in [7, 11) is 0. The fraction of sp³-hybridized carbons (Fsp3) is 0.118. The van der Waals surface area contributed by atoms with E-state index in [0.717, 1.165) is 12.1 Å². The van der Waals surface area contributed by atoms with E-state index in [9.17, 15) is 13.6 Å². The molecule has 0 aliphatic rings. The van der Waals surface area contributed by atoms with Crippen molar-refractivity contribution in [2.75, 3.05) is 0 Å². The van der Waals surface area contributed by atoms with E-state index >= 15 is 0 Å². The van der Waals surface area contributed by atoms with Crippen LogP contribution in [-0.4, -0.2) is 10.8 Å². The van der Waals surface area contributed by atoms with E-state index in [0.29, 0.717) is 17.6 Å².